The standard InChI is InChI=1S/C11H22N2O/c1-9(2)10(14)12-7-11(3,4)8-13(5)6/h1,7-8H2,2-6H3,(H,12,14). The third-order valence-electron chi connectivity index (χ3n) is 1.86. The minimum atomic E-state index is -0.0585. The number of nitrogens with zero attached hydrogens (tertiary/aromatic N) is 1. The lowest BCUT2D eigenvalue weighted by Gasteiger charge is -2.28. The number of carbonyl (C=O) groups excluding carboxylic acids is 1. The van der Waals surface area contributed by atoms with Crippen LogP contribution in [0.1, 0.15) is 20.8 Å². The highest BCUT2D eigenvalue weighted by Crippen LogP contribution is 2.14. The summed E-state index contributed by atoms with van der Waals surface area (Å²) in [6.45, 7) is 11.2. The molecule has 0 unspecified atom stereocenters. The van der Waals surface area contributed by atoms with Crippen molar-refractivity contribution in [2.45, 2.75) is 20.8 Å². The molecule has 0 rings (SSSR count). The van der Waals surface area contributed by atoms with E-state index in [-0.39, 0.29) is 11.3 Å². The van der Waals surface area contributed by atoms with Crippen LogP contribution in [0.2, 0.25) is 0 Å². The molecule has 1 N–H and O–H groups in total. The Labute approximate surface area is 87.2 Å². The zero-order valence-electron chi connectivity index (χ0n) is 9.98. The first-order valence-electron chi connectivity index (χ1n) is 4.83. The molecule has 0 heterocycles. The summed E-state index contributed by atoms with van der Waals surface area (Å²) in [4.78, 5) is 13.4. The Kier molecular flexibility index (Phi) is 4.85. The van der Waals surface area contributed by atoms with Crippen LogP contribution in [0.5, 0.6) is 0 Å². The fourth-order valence-corrected chi connectivity index (χ4v) is 1.38. The Hall–Kier alpha value is -0.830. The van der Waals surface area contributed by atoms with Gasteiger partial charge < -0.3 is 10.2 Å². The van der Waals surface area contributed by atoms with Gasteiger partial charge in [0, 0.05) is 18.7 Å². The average Bonchev–Trinajstić information content (AvgIpc) is 1.97. The Morgan fingerprint density at radius 3 is 2.29 bits per heavy atom. The van der Waals surface area contributed by atoms with Crippen molar-refractivity contribution in [3.05, 3.63) is 12.2 Å². The molecule has 0 radical (unpaired) electrons. The molecule has 0 fully saturated rings. The van der Waals surface area contributed by atoms with Crippen LogP contribution >= 0.6 is 0 Å². The smallest absolute Gasteiger partial charge is 0.246 e. The Bertz CT molecular complexity index is 219. The molecule has 0 atom stereocenters. The second-order valence-corrected chi connectivity index (χ2v) is 4.87. The van der Waals surface area contributed by atoms with Gasteiger partial charge in [0.05, 0.1) is 0 Å². The fraction of sp³-hybridized carbons (Fsp3) is 0.727. The lowest BCUT2D eigenvalue weighted by atomic mass is 9.93. The summed E-state index contributed by atoms with van der Waals surface area (Å²) in [5, 5.41) is 2.86. The van der Waals surface area contributed by atoms with E-state index < -0.39 is 0 Å². The van der Waals surface area contributed by atoms with Gasteiger partial charge in [0.25, 0.3) is 0 Å². The first kappa shape index (κ1) is 13.2. The van der Waals surface area contributed by atoms with Gasteiger partial charge in [-0.15, -0.1) is 0 Å². The van der Waals surface area contributed by atoms with Crippen molar-refractivity contribution in [3.63, 3.8) is 0 Å². The van der Waals surface area contributed by atoms with Gasteiger partial charge in [-0.2, -0.15) is 0 Å². The second-order valence-electron chi connectivity index (χ2n) is 4.87. The zero-order valence-corrected chi connectivity index (χ0v) is 9.98. The van der Waals surface area contributed by atoms with Gasteiger partial charge in [-0.25, -0.2) is 0 Å². The van der Waals surface area contributed by atoms with Crippen LogP contribution in [0, 0.1) is 5.41 Å². The number of hydrogen-bond donors (Lipinski definition) is 1. The van der Waals surface area contributed by atoms with E-state index >= 15 is 0 Å². The van der Waals surface area contributed by atoms with E-state index in [0.717, 1.165) is 6.54 Å². The summed E-state index contributed by atoms with van der Waals surface area (Å²) in [6.07, 6.45) is 0. The molecule has 0 aliphatic heterocycles. The number of carbonyl (C=O) groups is 1. The van der Waals surface area contributed by atoms with E-state index in [4.69, 9.17) is 0 Å². The largest absolute Gasteiger partial charge is 0.352 e. The van der Waals surface area contributed by atoms with Gasteiger partial charge in [0.2, 0.25) is 5.91 Å². The molecule has 82 valence electrons. The van der Waals surface area contributed by atoms with Gasteiger partial charge in [-0.05, 0) is 26.4 Å². The van der Waals surface area contributed by atoms with Gasteiger partial charge in [0.15, 0.2) is 0 Å². The molecule has 0 bridgehead atoms. The van der Waals surface area contributed by atoms with Crippen LogP contribution in [-0.2, 0) is 4.79 Å². The molecule has 0 aromatic rings. The highest BCUT2D eigenvalue weighted by molar-refractivity contribution is 5.92. The molecular weight excluding hydrogens is 176 g/mol. The molecule has 0 aliphatic carbocycles. The quantitative estimate of drug-likeness (QED) is 0.675. The van der Waals surface area contributed by atoms with Crippen molar-refractivity contribution in [3.8, 4) is 0 Å². The Balaban J connectivity index is 3.98. The summed E-state index contributed by atoms with van der Waals surface area (Å²) in [6, 6.07) is 0. The van der Waals surface area contributed by atoms with Crippen molar-refractivity contribution in [2.24, 2.45) is 5.41 Å². The van der Waals surface area contributed by atoms with Crippen molar-refractivity contribution < 1.29 is 4.79 Å². The normalized spacial score (nSPS) is 11.6. The van der Waals surface area contributed by atoms with Gasteiger partial charge >= 0.3 is 0 Å². The maximum absolute atomic E-state index is 11.3. The Morgan fingerprint density at radius 2 is 1.93 bits per heavy atom. The van der Waals surface area contributed by atoms with Crippen LogP contribution in [0.25, 0.3) is 0 Å². The monoisotopic (exact) mass is 198 g/mol. The topological polar surface area (TPSA) is 32.3 Å². The fourth-order valence-electron chi connectivity index (χ4n) is 1.38. The van der Waals surface area contributed by atoms with Gasteiger partial charge in [-0.3, -0.25) is 4.79 Å². The van der Waals surface area contributed by atoms with Crippen molar-refractivity contribution >= 4 is 5.91 Å². The summed E-state index contributed by atoms with van der Waals surface area (Å²) in [7, 11) is 4.06. The molecule has 0 aromatic carbocycles. The molecule has 1 amide bonds. The highest BCUT2D eigenvalue weighted by Gasteiger charge is 2.19. The Morgan fingerprint density at radius 1 is 1.43 bits per heavy atom. The number of nitrogens with one attached hydrogen (secondary N) is 1. The highest BCUT2D eigenvalue weighted by atomic mass is 16.1. The van der Waals surface area contributed by atoms with Crippen LogP contribution in [-0.4, -0.2) is 38.0 Å². The average molecular weight is 198 g/mol. The number of hydrogen-bond acceptors (Lipinski definition) is 2. The molecule has 0 saturated carbocycles. The van der Waals surface area contributed by atoms with Crippen molar-refractivity contribution in [2.75, 3.05) is 27.2 Å². The zero-order chi connectivity index (χ0) is 11.4. The maximum Gasteiger partial charge on any atom is 0.246 e. The molecular formula is C11H22N2O. The summed E-state index contributed by atoms with van der Waals surface area (Å²) in [5.74, 6) is -0.0585. The van der Waals surface area contributed by atoms with Crippen LogP contribution < -0.4 is 5.32 Å². The molecule has 0 spiro atoms. The van der Waals surface area contributed by atoms with E-state index in [0.29, 0.717) is 12.1 Å². The molecule has 0 aliphatic rings. The maximum atomic E-state index is 11.3. The third-order valence-corrected chi connectivity index (χ3v) is 1.86. The van der Waals surface area contributed by atoms with Crippen LogP contribution in [0.3, 0.4) is 0 Å². The van der Waals surface area contributed by atoms with E-state index in [1.807, 2.05) is 14.1 Å². The second kappa shape index (κ2) is 5.15. The van der Waals surface area contributed by atoms with Crippen molar-refractivity contribution in [1.29, 1.82) is 0 Å². The summed E-state index contributed by atoms with van der Waals surface area (Å²) < 4.78 is 0. The van der Waals surface area contributed by atoms with E-state index in [9.17, 15) is 4.79 Å². The molecule has 3 heteroatoms. The number of rotatable bonds is 5. The molecule has 0 saturated heterocycles. The lowest BCUT2D eigenvalue weighted by molar-refractivity contribution is -0.117. The minimum absolute atomic E-state index is 0.0585. The summed E-state index contributed by atoms with van der Waals surface area (Å²) >= 11 is 0. The first-order valence-corrected chi connectivity index (χ1v) is 4.83. The van der Waals surface area contributed by atoms with Crippen LogP contribution in [0.15, 0.2) is 12.2 Å². The molecule has 3 nitrogen and oxygen atoms in total. The molecule has 14 heavy (non-hydrogen) atoms. The minimum Gasteiger partial charge on any atom is -0.352 e. The van der Waals surface area contributed by atoms with E-state index in [1.165, 1.54) is 0 Å². The van der Waals surface area contributed by atoms with Crippen molar-refractivity contribution in [1.82, 2.24) is 10.2 Å². The van der Waals surface area contributed by atoms with E-state index in [1.54, 1.807) is 6.92 Å². The molecule has 0 aromatic heterocycles. The first-order chi connectivity index (χ1) is 6.24. The predicted octanol–water partition coefficient (Wildman–Crippen LogP) is 1.27. The lowest BCUT2D eigenvalue weighted by Crippen LogP contribution is -2.40. The SMILES string of the molecule is C=C(C)C(=O)NCC(C)(C)CN(C)C. The number of amides is 1. The predicted molar refractivity (Wildman–Crippen MR) is 60.2 cm³/mol. The summed E-state index contributed by atoms with van der Waals surface area (Å²) in [5.41, 5.74) is 0.653. The van der Waals surface area contributed by atoms with Gasteiger partial charge in [0.1, 0.15) is 0 Å². The van der Waals surface area contributed by atoms with E-state index in [2.05, 4.69) is 30.6 Å². The van der Waals surface area contributed by atoms with Crippen LogP contribution in [0.4, 0.5) is 0 Å². The van der Waals surface area contributed by atoms with Gasteiger partial charge in [-0.1, -0.05) is 20.4 Å². The third kappa shape index (κ3) is 5.75.